The number of nitrogens with zero attached hydrogens (tertiary/aromatic N) is 1. The predicted octanol–water partition coefficient (Wildman–Crippen LogP) is 3.43. The number of hydrogen-bond acceptors (Lipinski definition) is 2. The minimum Gasteiger partial charge on any atom is -0.494 e. The number of alkyl halides is 3. The summed E-state index contributed by atoms with van der Waals surface area (Å²) in [6.07, 6.45) is -0.346. The van der Waals surface area contributed by atoms with Crippen LogP contribution in [-0.4, -0.2) is 30.1 Å². The van der Waals surface area contributed by atoms with Gasteiger partial charge in [0.05, 0.1) is 13.2 Å². The third-order valence-corrected chi connectivity index (χ3v) is 3.50. The first-order chi connectivity index (χ1) is 8.47. The average molecular weight is 322 g/mol. The quantitative estimate of drug-likeness (QED) is 0.782. The molecule has 1 aliphatic rings. The normalized spacial score (nSPS) is 21.8. The Bertz CT molecular complexity index is 490. The Morgan fingerprint density at radius 3 is 2.72 bits per heavy atom. The van der Waals surface area contributed by atoms with Crippen LogP contribution in [-0.2, 0) is 0 Å². The first-order valence-electron chi connectivity index (χ1n) is 5.34. The average Bonchev–Trinajstić information content (AvgIpc) is 2.64. The van der Waals surface area contributed by atoms with Gasteiger partial charge in [-0.25, -0.2) is 4.39 Å². The fourth-order valence-electron chi connectivity index (χ4n) is 1.90. The third kappa shape index (κ3) is 2.39. The molecule has 1 heterocycles. The van der Waals surface area contributed by atoms with Gasteiger partial charge in [0.15, 0.2) is 11.6 Å². The van der Waals surface area contributed by atoms with Crippen molar-refractivity contribution in [3.63, 3.8) is 0 Å². The summed E-state index contributed by atoms with van der Waals surface area (Å²) in [5, 5.41) is 0.366. The van der Waals surface area contributed by atoms with Gasteiger partial charge >= 0.3 is 0 Å². The van der Waals surface area contributed by atoms with Gasteiger partial charge in [-0.1, -0.05) is 15.9 Å². The summed E-state index contributed by atoms with van der Waals surface area (Å²) >= 11 is 3.13. The van der Waals surface area contributed by atoms with Crippen molar-refractivity contribution in [3.8, 4) is 5.75 Å². The molecular formula is C12H11BrF3NO. The molecule has 18 heavy (non-hydrogen) atoms. The van der Waals surface area contributed by atoms with Crippen LogP contribution in [0.25, 0.3) is 0 Å². The summed E-state index contributed by atoms with van der Waals surface area (Å²) in [4.78, 5) is 3.94. The largest absolute Gasteiger partial charge is 0.494 e. The van der Waals surface area contributed by atoms with Gasteiger partial charge in [-0.05, 0) is 18.2 Å². The molecule has 6 heteroatoms. The Morgan fingerprint density at radius 1 is 1.50 bits per heavy atom. The third-order valence-electron chi connectivity index (χ3n) is 2.75. The Hall–Kier alpha value is -1.04. The molecule has 1 aromatic rings. The zero-order valence-corrected chi connectivity index (χ0v) is 11.2. The molecule has 1 unspecified atom stereocenters. The monoisotopic (exact) mass is 321 g/mol. The van der Waals surface area contributed by atoms with E-state index in [9.17, 15) is 13.2 Å². The van der Waals surface area contributed by atoms with E-state index in [1.807, 2.05) is 0 Å². The van der Waals surface area contributed by atoms with Gasteiger partial charge in [0, 0.05) is 17.3 Å². The molecule has 0 saturated carbocycles. The van der Waals surface area contributed by atoms with E-state index >= 15 is 0 Å². The standard InChI is InChI=1S/C12H11BrF3NO/c1-18-10-3-2-7(4-9(10)14)11-12(15,16)5-8(6-13)17-11/h2-4,8H,5-6H2,1H3. The smallest absolute Gasteiger partial charge is 0.291 e. The first kappa shape index (κ1) is 13.4. The highest BCUT2D eigenvalue weighted by Crippen LogP contribution is 2.35. The lowest BCUT2D eigenvalue weighted by molar-refractivity contribution is 0.0753. The summed E-state index contributed by atoms with van der Waals surface area (Å²) < 4.78 is 45.7. The van der Waals surface area contributed by atoms with Crippen molar-refractivity contribution in [2.24, 2.45) is 4.99 Å². The van der Waals surface area contributed by atoms with Gasteiger partial charge in [0.2, 0.25) is 0 Å². The topological polar surface area (TPSA) is 21.6 Å². The van der Waals surface area contributed by atoms with Crippen LogP contribution in [0.4, 0.5) is 13.2 Å². The molecule has 0 bridgehead atoms. The molecule has 0 amide bonds. The lowest BCUT2D eigenvalue weighted by Crippen LogP contribution is -2.26. The first-order valence-corrected chi connectivity index (χ1v) is 6.46. The van der Waals surface area contributed by atoms with Crippen molar-refractivity contribution in [1.29, 1.82) is 0 Å². The fourth-order valence-corrected chi connectivity index (χ4v) is 2.28. The maximum absolute atomic E-state index is 13.7. The maximum atomic E-state index is 13.7. The summed E-state index contributed by atoms with van der Waals surface area (Å²) in [6, 6.07) is 3.28. The molecule has 1 aliphatic heterocycles. The minimum absolute atomic E-state index is 0.0257. The van der Waals surface area contributed by atoms with Crippen molar-refractivity contribution in [1.82, 2.24) is 0 Å². The fraction of sp³-hybridized carbons (Fsp3) is 0.417. The van der Waals surface area contributed by atoms with Crippen LogP contribution in [0.5, 0.6) is 5.75 Å². The van der Waals surface area contributed by atoms with E-state index in [1.165, 1.54) is 19.2 Å². The van der Waals surface area contributed by atoms with Crippen molar-refractivity contribution in [2.45, 2.75) is 18.4 Å². The minimum atomic E-state index is -3.01. The van der Waals surface area contributed by atoms with E-state index in [4.69, 9.17) is 4.74 Å². The van der Waals surface area contributed by atoms with Crippen molar-refractivity contribution < 1.29 is 17.9 Å². The number of hydrogen-bond donors (Lipinski definition) is 0. The van der Waals surface area contributed by atoms with Gasteiger partial charge in [-0.3, -0.25) is 4.99 Å². The van der Waals surface area contributed by atoms with Crippen LogP contribution < -0.4 is 4.74 Å². The highest BCUT2D eigenvalue weighted by molar-refractivity contribution is 9.09. The second kappa shape index (κ2) is 4.91. The zero-order chi connectivity index (χ0) is 13.3. The molecule has 0 fully saturated rings. The van der Waals surface area contributed by atoms with E-state index in [2.05, 4.69) is 20.9 Å². The van der Waals surface area contributed by atoms with E-state index in [0.717, 1.165) is 6.07 Å². The summed E-state index contributed by atoms with van der Waals surface area (Å²) in [5.41, 5.74) is -0.254. The molecule has 2 rings (SSSR count). The Kier molecular flexibility index (Phi) is 3.66. The van der Waals surface area contributed by atoms with E-state index in [-0.39, 0.29) is 23.4 Å². The molecule has 98 valence electrons. The van der Waals surface area contributed by atoms with Crippen LogP contribution in [0.2, 0.25) is 0 Å². The Balaban J connectivity index is 2.39. The summed E-state index contributed by atoms with van der Waals surface area (Å²) in [7, 11) is 1.32. The second-order valence-electron chi connectivity index (χ2n) is 4.04. The van der Waals surface area contributed by atoms with Crippen LogP contribution in [0.1, 0.15) is 12.0 Å². The molecule has 1 atom stereocenters. The molecule has 0 N–H and O–H groups in total. The molecular weight excluding hydrogens is 311 g/mol. The van der Waals surface area contributed by atoms with Crippen molar-refractivity contribution >= 4 is 21.6 Å². The molecule has 0 saturated heterocycles. The lowest BCUT2D eigenvalue weighted by Gasteiger charge is -2.12. The molecule has 1 aromatic carbocycles. The Morgan fingerprint density at radius 2 is 2.22 bits per heavy atom. The predicted molar refractivity (Wildman–Crippen MR) is 66.6 cm³/mol. The van der Waals surface area contributed by atoms with Crippen molar-refractivity contribution in [3.05, 3.63) is 29.6 Å². The Labute approximate surface area is 111 Å². The highest BCUT2D eigenvalue weighted by atomic mass is 79.9. The molecule has 0 aliphatic carbocycles. The van der Waals surface area contributed by atoms with Gasteiger partial charge in [-0.2, -0.15) is 8.78 Å². The summed E-state index contributed by atoms with van der Waals surface area (Å²) in [6.45, 7) is 0. The molecule has 0 aromatic heterocycles. The van der Waals surface area contributed by atoms with Crippen LogP contribution in [0.15, 0.2) is 23.2 Å². The van der Waals surface area contributed by atoms with Crippen molar-refractivity contribution in [2.75, 3.05) is 12.4 Å². The van der Waals surface area contributed by atoms with Gasteiger partial charge < -0.3 is 4.74 Å². The van der Waals surface area contributed by atoms with E-state index in [0.29, 0.717) is 5.33 Å². The number of ether oxygens (including phenoxy) is 1. The summed E-state index contributed by atoms with van der Waals surface area (Å²) in [5.74, 6) is -3.66. The number of rotatable bonds is 3. The molecule has 2 nitrogen and oxygen atoms in total. The molecule has 0 spiro atoms. The van der Waals surface area contributed by atoms with E-state index < -0.39 is 17.8 Å². The number of aliphatic imine (C=N–C) groups is 1. The van der Waals surface area contributed by atoms with E-state index in [1.54, 1.807) is 0 Å². The maximum Gasteiger partial charge on any atom is 0.291 e. The number of methoxy groups -OCH3 is 1. The van der Waals surface area contributed by atoms with Gasteiger partial charge in [0.25, 0.3) is 5.92 Å². The van der Waals surface area contributed by atoms with Gasteiger partial charge in [0.1, 0.15) is 5.71 Å². The lowest BCUT2D eigenvalue weighted by atomic mass is 10.0. The highest BCUT2D eigenvalue weighted by Gasteiger charge is 2.44. The van der Waals surface area contributed by atoms with Crippen LogP contribution in [0.3, 0.4) is 0 Å². The van der Waals surface area contributed by atoms with Crippen LogP contribution in [0, 0.1) is 5.82 Å². The number of benzene rings is 1. The number of halogens is 4. The SMILES string of the molecule is COc1ccc(C2=NC(CBr)CC2(F)F)cc1F. The van der Waals surface area contributed by atoms with Gasteiger partial charge in [-0.15, -0.1) is 0 Å². The van der Waals surface area contributed by atoms with Crippen LogP contribution >= 0.6 is 15.9 Å². The zero-order valence-electron chi connectivity index (χ0n) is 9.59. The molecule has 0 radical (unpaired) electrons. The second-order valence-corrected chi connectivity index (χ2v) is 4.69.